The minimum absolute atomic E-state index is 0.0743. The first-order chi connectivity index (χ1) is 16.3. The number of hydrogen-bond acceptors (Lipinski definition) is 5. The van der Waals surface area contributed by atoms with Crippen LogP contribution in [0, 0.1) is 0 Å². The molecule has 35 heavy (non-hydrogen) atoms. The molecule has 3 rings (SSSR count). The number of carbonyl (C=O) groups excluding carboxylic acids is 1. The molecule has 3 N–H and O–H groups in total. The molecule has 0 saturated carbocycles. The third-order valence-electron chi connectivity index (χ3n) is 4.76. The number of pyridine rings is 1. The number of aromatic nitrogens is 1. The molecular formula is C22H22F5N3O4S. The molecule has 0 aliphatic carbocycles. The first kappa shape index (κ1) is 26.0. The van der Waals surface area contributed by atoms with Crippen molar-refractivity contribution in [3.05, 3.63) is 77.6 Å². The second-order valence-electron chi connectivity index (χ2n) is 7.35. The van der Waals surface area contributed by atoms with Crippen LogP contribution >= 0.6 is 10.2 Å². The van der Waals surface area contributed by atoms with Crippen LogP contribution in [-0.2, 0) is 19.8 Å². The van der Waals surface area contributed by atoms with Gasteiger partial charge in [-0.1, -0.05) is 37.6 Å². The lowest BCUT2D eigenvalue weighted by Crippen LogP contribution is -2.28. The molecule has 1 aromatic heterocycles. The Bertz CT molecular complexity index is 1210. The number of aliphatic hydroxyl groups excluding tert-OH is 1. The van der Waals surface area contributed by atoms with E-state index in [2.05, 4.69) is 15.6 Å². The normalized spacial score (nSPS) is 13.3. The average Bonchev–Trinajstić information content (AvgIpc) is 2.80. The number of para-hydroxylation sites is 1. The number of halogens is 5. The van der Waals surface area contributed by atoms with Crippen molar-refractivity contribution in [2.75, 3.05) is 12.4 Å². The number of carbonyl (C=O) groups is 1. The SMILES string of the molecule is COc1c(CO)cc(S(F)(F)(F)(F)F)cc1NC(=O)NCc1ccccc1OCc1ccncc1. The van der Waals surface area contributed by atoms with E-state index in [1.807, 2.05) is 0 Å². The smallest absolute Gasteiger partial charge is 0.319 e. The maximum absolute atomic E-state index is 13.4. The number of hydrogen-bond donors (Lipinski definition) is 3. The van der Waals surface area contributed by atoms with Crippen molar-refractivity contribution >= 4 is 21.9 Å². The quantitative estimate of drug-likeness (QED) is 0.295. The lowest BCUT2D eigenvalue weighted by molar-refractivity contribution is 0.251. The number of ether oxygens (including phenoxy) is 2. The number of nitrogens with zero attached hydrogens (tertiary/aromatic N) is 1. The monoisotopic (exact) mass is 519 g/mol. The molecule has 3 aromatic rings. The van der Waals surface area contributed by atoms with Crippen LogP contribution in [0.1, 0.15) is 16.7 Å². The number of anilines is 1. The number of urea groups is 1. The lowest BCUT2D eigenvalue weighted by Gasteiger charge is -2.41. The second-order valence-corrected chi connectivity index (χ2v) is 9.76. The van der Waals surface area contributed by atoms with Crippen molar-refractivity contribution in [2.24, 2.45) is 0 Å². The van der Waals surface area contributed by atoms with Crippen LogP contribution in [-0.4, -0.2) is 23.2 Å². The van der Waals surface area contributed by atoms with Crippen LogP contribution in [0.3, 0.4) is 0 Å². The van der Waals surface area contributed by atoms with Gasteiger partial charge in [-0.05, 0) is 35.9 Å². The Balaban J connectivity index is 1.76. The van der Waals surface area contributed by atoms with Crippen molar-refractivity contribution in [3.63, 3.8) is 0 Å². The first-order valence-corrected chi connectivity index (χ1v) is 12.0. The Hall–Kier alpha value is -3.58. The van der Waals surface area contributed by atoms with E-state index in [1.54, 1.807) is 48.8 Å². The second kappa shape index (κ2) is 9.23. The van der Waals surface area contributed by atoms with Crippen LogP contribution in [0.15, 0.2) is 65.8 Å². The highest BCUT2D eigenvalue weighted by Crippen LogP contribution is 3.02. The molecule has 0 saturated heterocycles. The Morgan fingerprint density at radius 3 is 2.34 bits per heavy atom. The summed E-state index contributed by atoms with van der Waals surface area (Å²) in [4.78, 5) is 14.1. The summed E-state index contributed by atoms with van der Waals surface area (Å²) in [5.41, 5.74) is 0.169. The fraction of sp³-hybridized carbons (Fsp3) is 0.182. The van der Waals surface area contributed by atoms with E-state index in [9.17, 15) is 29.3 Å². The molecule has 0 bridgehead atoms. The molecule has 7 nitrogen and oxygen atoms in total. The van der Waals surface area contributed by atoms with E-state index in [4.69, 9.17) is 9.47 Å². The summed E-state index contributed by atoms with van der Waals surface area (Å²) in [6.45, 7) is -0.883. The van der Waals surface area contributed by atoms with Gasteiger partial charge in [-0.25, -0.2) is 4.79 Å². The third kappa shape index (κ3) is 6.96. The fourth-order valence-corrected chi connectivity index (χ4v) is 3.81. The molecule has 0 aliphatic rings. The third-order valence-corrected chi connectivity index (χ3v) is 5.89. The lowest BCUT2D eigenvalue weighted by atomic mass is 10.1. The van der Waals surface area contributed by atoms with Gasteiger partial charge < -0.3 is 25.2 Å². The summed E-state index contributed by atoms with van der Waals surface area (Å²) in [6.07, 6.45) is 3.22. The van der Waals surface area contributed by atoms with Gasteiger partial charge in [0.05, 0.1) is 19.4 Å². The van der Waals surface area contributed by atoms with E-state index in [0.29, 0.717) is 11.3 Å². The van der Waals surface area contributed by atoms with Crippen molar-refractivity contribution in [1.29, 1.82) is 0 Å². The molecule has 2 aromatic carbocycles. The highest BCUT2D eigenvalue weighted by Gasteiger charge is 2.65. The maximum atomic E-state index is 13.4. The van der Waals surface area contributed by atoms with Gasteiger partial charge in [-0.3, -0.25) is 4.98 Å². The molecule has 0 spiro atoms. The van der Waals surface area contributed by atoms with Gasteiger partial charge in [0, 0.05) is 30.1 Å². The van der Waals surface area contributed by atoms with Crippen LogP contribution in [0.4, 0.5) is 29.9 Å². The minimum atomic E-state index is -10.1. The Labute approximate surface area is 197 Å². The van der Waals surface area contributed by atoms with Crippen molar-refractivity contribution in [3.8, 4) is 11.5 Å². The predicted molar refractivity (Wildman–Crippen MR) is 121 cm³/mol. The minimum Gasteiger partial charge on any atom is -0.494 e. The van der Waals surface area contributed by atoms with Gasteiger partial charge in [0.25, 0.3) is 0 Å². The van der Waals surface area contributed by atoms with Crippen LogP contribution in [0.2, 0.25) is 0 Å². The van der Waals surface area contributed by atoms with Crippen LogP contribution in [0.5, 0.6) is 11.5 Å². The van der Waals surface area contributed by atoms with Gasteiger partial charge in [0.15, 0.2) is 0 Å². The maximum Gasteiger partial charge on any atom is 0.319 e. The molecule has 13 heteroatoms. The number of benzene rings is 2. The van der Waals surface area contributed by atoms with Crippen molar-refractivity contribution in [1.82, 2.24) is 10.3 Å². The molecular weight excluding hydrogens is 497 g/mol. The first-order valence-electron chi connectivity index (χ1n) is 10.0. The van der Waals surface area contributed by atoms with E-state index >= 15 is 0 Å². The number of methoxy groups -OCH3 is 1. The zero-order valence-electron chi connectivity index (χ0n) is 18.3. The molecule has 0 unspecified atom stereocenters. The zero-order chi connectivity index (χ0) is 25.8. The summed E-state index contributed by atoms with van der Waals surface area (Å²) in [7, 11) is -9.03. The van der Waals surface area contributed by atoms with Gasteiger partial charge in [0.2, 0.25) is 0 Å². The van der Waals surface area contributed by atoms with Gasteiger partial charge in [0.1, 0.15) is 23.0 Å². The van der Waals surface area contributed by atoms with E-state index in [-0.39, 0.29) is 31.0 Å². The van der Waals surface area contributed by atoms with Gasteiger partial charge in [-0.15, -0.1) is 0 Å². The predicted octanol–water partition coefficient (Wildman–Crippen LogP) is 6.14. The number of nitrogens with one attached hydrogen (secondary N) is 2. The number of rotatable bonds is 9. The van der Waals surface area contributed by atoms with Crippen molar-refractivity contribution in [2.45, 2.75) is 24.7 Å². The summed E-state index contributed by atoms with van der Waals surface area (Å²) in [5.74, 6) is 0.0713. The number of aliphatic hydroxyl groups is 1. The summed E-state index contributed by atoms with van der Waals surface area (Å²) in [6, 6.07) is 9.47. The molecule has 0 aliphatic heterocycles. The summed E-state index contributed by atoms with van der Waals surface area (Å²) in [5, 5.41) is 13.9. The molecule has 190 valence electrons. The van der Waals surface area contributed by atoms with Crippen molar-refractivity contribution < 1.29 is 38.8 Å². The largest absolute Gasteiger partial charge is 0.494 e. The standard InChI is InChI=1S/C22H22F5N3O4S/c1-33-21-17(13-31)10-18(35(23,24,25,26)27)11-19(21)30-22(32)29-12-16-4-2-3-5-20(16)34-14-15-6-8-28-9-7-15/h2-11,31H,12-14H2,1H3,(H2,29,30,32). The zero-order valence-corrected chi connectivity index (χ0v) is 19.1. The van der Waals surface area contributed by atoms with E-state index in [1.165, 1.54) is 0 Å². The molecule has 0 radical (unpaired) electrons. The summed E-state index contributed by atoms with van der Waals surface area (Å²) >= 11 is 0. The molecule has 2 amide bonds. The average molecular weight is 519 g/mol. The highest BCUT2D eigenvalue weighted by molar-refractivity contribution is 8.45. The van der Waals surface area contributed by atoms with Crippen LogP contribution < -0.4 is 20.1 Å². The molecule has 0 fully saturated rings. The summed E-state index contributed by atoms with van der Waals surface area (Å²) < 4.78 is 77.5. The van der Waals surface area contributed by atoms with Crippen LogP contribution in [0.25, 0.3) is 0 Å². The topological polar surface area (TPSA) is 92.7 Å². The van der Waals surface area contributed by atoms with Gasteiger partial charge >= 0.3 is 16.3 Å². The van der Waals surface area contributed by atoms with E-state index in [0.717, 1.165) is 12.7 Å². The van der Waals surface area contributed by atoms with E-state index < -0.39 is 39.0 Å². The molecule has 0 atom stereocenters. The molecule has 1 heterocycles. The Morgan fingerprint density at radius 2 is 1.71 bits per heavy atom. The Morgan fingerprint density at radius 1 is 1.03 bits per heavy atom. The highest BCUT2D eigenvalue weighted by atomic mass is 32.5. The fourth-order valence-electron chi connectivity index (χ4n) is 3.11. The van der Waals surface area contributed by atoms with Gasteiger partial charge in [-0.2, -0.15) is 0 Å². The number of amides is 2. The Kier molecular flexibility index (Phi) is 6.86.